The number of hydrogen-bond donors (Lipinski definition) is 1. The molecule has 0 radical (unpaired) electrons. The molecule has 0 amide bonds. The lowest BCUT2D eigenvalue weighted by atomic mass is 9.97. The summed E-state index contributed by atoms with van der Waals surface area (Å²) in [6.45, 7) is 3.15. The van der Waals surface area contributed by atoms with Crippen LogP contribution in [0.1, 0.15) is 37.3 Å². The van der Waals surface area contributed by atoms with E-state index in [1.54, 1.807) is 12.1 Å². The van der Waals surface area contributed by atoms with Gasteiger partial charge in [-0.1, -0.05) is 19.1 Å². The second-order valence-electron chi connectivity index (χ2n) is 5.52. The topological polar surface area (TPSA) is 12.0 Å². The maximum Gasteiger partial charge on any atom is 0.416 e. The Morgan fingerprint density at radius 2 is 1.84 bits per heavy atom. The summed E-state index contributed by atoms with van der Waals surface area (Å²) < 4.78 is 37.3. The zero-order chi connectivity index (χ0) is 13.9. The molecule has 0 spiro atoms. The summed E-state index contributed by atoms with van der Waals surface area (Å²) in [6, 6.07) is 6.24. The van der Waals surface area contributed by atoms with E-state index in [1.165, 1.54) is 25.0 Å². The Morgan fingerprint density at radius 3 is 2.37 bits per heavy atom. The number of alkyl halides is 3. The van der Waals surface area contributed by atoms with Crippen LogP contribution in [0, 0.1) is 5.92 Å². The molecule has 0 aliphatic heterocycles. The number of nitrogens with one attached hydrogen (secondary N) is 1. The highest BCUT2D eigenvalue weighted by molar-refractivity contribution is 5.24. The van der Waals surface area contributed by atoms with Crippen molar-refractivity contribution in [3.05, 3.63) is 35.4 Å². The van der Waals surface area contributed by atoms with Gasteiger partial charge >= 0.3 is 6.18 Å². The largest absolute Gasteiger partial charge is 0.416 e. The molecule has 1 aliphatic rings. The summed E-state index contributed by atoms with van der Waals surface area (Å²) in [5.41, 5.74) is 0.409. The zero-order valence-electron chi connectivity index (χ0n) is 11.1. The first-order valence-corrected chi connectivity index (χ1v) is 6.84. The van der Waals surface area contributed by atoms with Crippen LogP contribution in [0.15, 0.2) is 24.3 Å². The third-order valence-electron chi connectivity index (χ3n) is 3.51. The molecule has 106 valence electrons. The predicted molar refractivity (Wildman–Crippen MR) is 70.0 cm³/mol. The van der Waals surface area contributed by atoms with E-state index < -0.39 is 11.7 Å². The Bertz CT molecular complexity index is 393. The normalized spacial score (nSPS) is 17.5. The number of hydrogen-bond acceptors (Lipinski definition) is 1. The summed E-state index contributed by atoms with van der Waals surface area (Å²) in [4.78, 5) is 0. The molecule has 19 heavy (non-hydrogen) atoms. The van der Waals surface area contributed by atoms with E-state index >= 15 is 0 Å². The van der Waals surface area contributed by atoms with Crippen molar-refractivity contribution in [2.45, 2.75) is 44.8 Å². The molecule has 0 heterocycles. The van der Waals surface area contributed by atoms with E-state index in [4.69, 9.17) is 0 Å². The third kappa shape index (κ3) is 4.86. The molecule has 1 saturated carbocycles. The molecule has 1 N–H and O–H groups in total. The van der Waals surface area contributed by atoms with Gasteiger partial charge in [-0.05, 0) is 55.8 Å². The van der Waals surface area contributed by atoms with Crippen LogP contribution in [0.25, 0.3) is 0 Å². The maximum atomic E-state index is 12.4. The van der Waals surface area contributed by atoms with Crippen LogP contribution in [-0.2, 0) is 12.6 Å². The summed E-state index contributed by atoms with van der Waals surface area (Å²) in [6.07, 6.45) is 0.237. The molecule has 1 fully saturated rings. The highest BCUT2D eigenvalue weighted by Crippen LogP contribution is 2.29. The van der Waals surface area contributed by atoms with Gasteiger partial charge in [0.05, 0.1) is 5.56 Å². The van der Waals surface area contributed by atoms with Crippen molar-refractivity contribution in [2.75, 3.05) is 6.54 Å². The molecular formula is C15H20F3N. The molecule has 2 rings (SSSR count). The molecule has 0 bridgehead atoms. The minimum atomic E-state index is -4.24. The number of halogens is 3. The van der Waals surface area contributed by atoms with Crippen LogP contribution in [0.2, 0.25) is 0 Å². The van der Waals surface area contributed by atoms with Gasteiger partial charge in [0, 0.05) is 6.04 Å². The zero-order valence-corrected chi connectivity index (χ0v) is 11.1. The van der Waals surface area contributed by atoms with Crippen molar-refractivity contribution < 1.29 is 13.2 Å². The Kier molecular flexibility index (Phi) is 4.50. The molecule has 1 aromatic rings. The first-order chi connectivity index (χ1) is 8.95. The van der Waals surface area contributed by atoms with Crippen molar-refractivity contribution in [1.29, 1.82) is 0 Å². The SMILES string of the molecule is CC(CCNC1CC1)Cc1ccc(C(F)(F)F)cc1. The first-order valence-electron chi connectivity index (χ1n) is 6.84. The first kappa shape index (κ1) is 14.4. The van der Waals surface area contributed by atoms with E-state index in [2.05, 4.69) is 12.2 Å². The summed E-state index contributed by atoms with van der Waals surface area (Å²) >= 11 is 0. The van der Waals surface area contributed by atoms with Crippen LogP contribution in [0.5, 0.6) is 0 Å². The highest BCUT2D eigenvalue weighted by atomic mass is 19.4. The Morgan fingerprint density at radius 1 is 1.21 bits per heavy atom. The molecular weight excluding hydrogens is 251 g/mol. The van der Waals surface area contributed by atoms with Crippen LogP contribution >= 0.6 is 0 Å². The lowest BCUT2D eigenvalue weighted by Crippen LogP contribution is -2.20. The predicted octanol–water partition coefficient (Wildman–Crippen LogP) is 4.03. The van der Waals surface area contributed by atoms with E-state index in [0.29, 0.717) is 5.92 Å². The lowest BCUT2D eigenvalue weighted by Gasteiger charge is -2.13. The van der Waals surface area contributed by atoms with Gasteiger partial charge in [-0.15, -0.1) is 0 Å². The Balaban J connectivity index is 1.77. The van der Waals surface area contributed by atoms with Gasteiger partial charge < -0.3 is 5.32 Å². The van der Waals surface area contributed by atoms with Crippen LogP contribution in [0.4, 0.5) is 13.2 Å². The van der Waals surface area contributed by atoms with Gasteiger partial charge in [-0.25, -0.2) is 0 Å². The van der Waals surface area contributed by atoms with Crippen LogP contribution in [0.3, 0.4) is 0 Å². The minimum absolute atomic E-state index is 0.489. The Labute approximate surface area is 112 Å². The van der Waals surface area contributed by atoms with Gasteiger partial charge in [0.15, 0.2) is 0 Å². The molecule has 1 nitrogen and oxygen atoms in total. The average Bonchev–Trinajstić information content (AvgIpc) is 3.12. The van der Waals surface area contributed by atoms with Crippen molar-refractivity contribution in [3.63, 3.8) is 0 Å². The van der Waals surface area contributed by atoms with Crippen molar-refractivity contribution >= 4 is 0 Å². The maximum absolute atomic E-state index is 12.4. The van der Waals surface area contributed by atoms with Gasteiger partial charge in [0.2, 0.25) is 0 Å². The van der Waals surface area contributed by atoms with Crippen LogP contribution in [-0.4, -0.2) is 12.6 Å². The number of benzene rings is 1. The lowest BCUT2D eigenvalue weighted by molar-refractivity contribution is -0.137. The Hall–Kier alpha value is -1.03. The van der Waals surface area contributed by atoms with Gasteiger partial charge in [-0.3, -0.25) is 0 Å². The molecule has 4 heteroatoms. The second kappa shape index (κ2) is 5.95. The highest BCUT2D eigenvalue weighted by Gasteiger charge is 2.29. The molecule has 0 aromatic heterocycles. The third-order valence-corrected chi connectivity index (χ3v) is 3.51. The van der Waals surface area contributed by atoms with E-state index in [9.17, 15) is 13.2 Å². The summed E-state index contributed by atoms with van der Waals surface area (Å²) in [5.74, 6) is 0.489. The molecule has 1 atom stereocenters. The second-order valence-corrected chi connectivity index (χ2v) is 5.52. The monoisotopic (exact) mass is 271 g/mol. The van der Waals surface area contributed by atoms with Gasteiger partial charge in [-0.2, -0.15) is 13.2 Å². The van der Waals surface area contributed by atoms with Crippen molar-refractivity contribution in [2.24, 2.45) is 5.92 Å². The van der Waals surface area contributed by atoms with E-state index in [1.807, 2.05) is 0 Å². The van der Waals surface area contributed by atoms with Gasteiger partial charge in [0.1, 0.15) is 0 Å². The van der Waals surface area contributed by atoms with Crippen molar-refractivity contribution in [3.8, 4) is 0 Å². The smallest absolute Gasteiger partial charge is 0.314 e. The van der Waals surface area contributed by atoms with E-state index in [0.717, 1.165) is 31.0 Å². The average molecular weight is 271 g/mol. The number of rotatable bonds is 6. The molecule has 0 saturated heterocycles. The standard InChI is InChI=1S/C15H20F3N/c1-11(8-9-19-14-6-7-14)10-12-2-4-13(5-3-12)15(16,17)18/h2-5,11,14,19H,6-10H2,1H3. The minimum Gasteiger partial charge on any atom is -0.314 e. The summed E-state index contributed by atoms with van der Waals surface area (Å²) in [7, 11) is 0. The van der Waals surface area contributed by atoms with Crippen molar-refractivity contribution in [1.82, 2.24) is 5.32 Å². The fourth-order valence-electron chi connectivity index (χ4n) is 2.16. The fraction of sp³-hybridized carbons (Fsp3) is 0.600. The molecule has 1 aliphatic carbocycles. The summed E-state index contributed by atoms with van der Waals surface area (Å²) in [5, 5.41) is 3.45. The van der Waals surface area contributed by atoms with Crippen LogP contribution < -0.4 is 5.32 Å². The van der Waals surface area contributed by atoms with Gasteiger partial charge in [0.25, 0.3) is 0 Å². The molecule has 1 unspecified atom stereocenters. The fourth-order valence-corrected chi connectivity index (χ4v) is 2.16. The quantitative estimate of drug-likeness (QED) is 0.823. The molecule has 1 aromatic carbocycles. The van der Waals surface area contributed by atoms with E-state index in [-0.39, 0.29) is 0 Å².